The topological polar surface area (TPSA) is 237 Å². The number of rotatable bonds is 73. The highest BCUT2D eigenvalue weighted by Gasteiger charge is 2.30. The number of carbonyl (C=O) groups is 4. The Morgan fingerprint density at radius 1 is 0.274 bits per heavy atom. The van der Waals surface area contributed by atoms with Crippen molar-refractivity contribution in [2.75, 3.05) is 39.6 Å². The second-order valence-electron chi connectivity index (χ2n) is 25.9. The van der Waals surface area contributed by atoms with Crippen LogP contribution in [-0.4, -0.2) is 96.7 Å². The molecule has 0 aromatic rings. The number of ether oxygens (including phenoxy) is 4. The summed E-state index contributed by atoms with van der Waals surface area (Å²) < 4.78 is 68.5. The summed E-state index contributed by atoms with van der Waals surface area (Å²) in [6.07, 6.45) is 93.1. The van der Waals surface area contributed by atoms with E-state index in [-0.39, 0.29) is 25.7 Å². The molecular formula is C87H140O17P2. The lowest BCUT2D eigenvalue weighted by molar-refractivity contribution is -0.161. The van der Waals surface area contributed by atoms with Gasteiger partial charge in [0.2, 0.25) is 0 Å². The zero-order valence-corrected chi connectivity index (χ0v) is 67.3. The Balaban J connectivity index is 5.45. The third kappa shape index (κ3) is 76.4. The smallest absolute Gasteiger partial charge is 0.462 e. The normalized spacial score (nSPS) is 14.8. The molecule has 0 fully saturated rings. The zero-order chi connectivity index (χ0) is 77.4. The second kappa shape index (κ2) is 77.3. The number of esters is 4. The van der Waals surface area contributed by atoms with Crippen LogP contribution in [0.2, 0.25) is 0 Å². The van der Waals surface area contributed by atoms with Crippen molar-refractivity contribution < 1.29 is 80.2 Å². The van der Waals surface area contributed by atoms with E-state index in [1.165, 1.54) is 0 Å². The number of phosphoric ester groups is 2. The maximum atomic E-state index is 13.1. The molecule has 0 radical (unpaired) electrons. The van der Waals surface area contributed by atoms with Crippen LogP contribution in [0, 0.1) is 0 Å². The van der Waals surface area contributed by atoms with Crippen molar-refractivity contribution in [1.82, 2.24) is 0 Å². The first-order valence-electron chi connectivity index (χ1n) is 40.0. The van der Waals surface area contributed by atoms with Crippen molar-refractivity contribution in [2.45, 2.75) is 303 Å². The van der Waals surface area contributed by atoms with Crippen molar-refractivity contribution in [3.63, 3.8) is 0 Å². The van der Waals surface area contributed by atoms with Crippen LogP contribution >= 0.6 is 15.6 Å². The van der Waals surface area contributed by atoms with Crippen molar-refractivity contribution >= 4 is 39.5 Å². The molecule has 0 rings (SSSR count). The molecule has 5 atom stereocenters. The van der Waals surface area contributed by atoms with E-state index in [9.17, 15) is 43.2 Å². The number of allylic oxidation sites excluding steroid dienone is 30. The molecule has 0 saturated heterocycles. The van der Waals surface area contributed by atoms with E-state index in [2.05, 4.69) is 192 Å². The van der Waals surface area contributed by atoms with Gasteiger partial charge in [-0.3, -0.25) is 37.3 Å². The molecule has 0 amide bonds. The average molecular weight is 1520 g/mol. The number of hydrogen-bond acceptors (Lipinski definition) is 15. The molecule has 19 heteroatoms. The molecule has 0 spiro atoms. The largest absolute Gasteiger partial charge is 0.472 e. The van der Waals surface area contributed by atoms with Crippen LogP contribution in [0.15, 0.2) is 182 Å². The minimum absolute atomic E-state index is 0.0265. The van der Waals surface area contributed by atoms with E-state index in [0.29, 0.717) is 32.1 Å². The first-order valence-corrected chi connectivity index (χ1v) is 43.0. The average Bonchev–Trinajstić information content (AvgIpc) is 0.901. The van der Waals surface area contributed by atoms with Crippen molar-refractivity contribution in [2.24, 2.45) is 0 Å². The van der Waals surface area contributed by atoms with E-state index in [0.717, 1.165) is 199 Å². The Hall–Kier alpha value is -5.84. The summed E-state index contributed by atoms with van der Waals surface area (Å²) in [5.74, 6) is -2.34. The third-order valence-corrected chi connectivity index (χ3v) is 17.7. The van der Waals surface area contributed by atoms with Crippen LogP contribution in [0.4, 0.5) is 0 Å². The number of aliphatic hydroxyl groups is 1. The monoisotopic (exact) mass is 1520 g/mol. The van der Waals surface area contributed by atoms with Gasteiger partial charge in [0.25, 0.3) is 0 Å². The SMILES string of the molecule is CC/C=C\C/C=C\C/C=C\C/C=C\C/C=C\C/C=C\CCC(=O)OCC(COP(=O)(O)OCC(O)COP(=O)(O)OCC(COC(=O)CCCCCCCC/C=C\C/C=C\C/C=C\C/C=C\CC)OC(=O)CCCCCCC/C=C\C/C=C\C/C=C\CC)OC(=O)CCCCCCC/C=C\C/C=C\CCC. The lowest BCUT2D eigenvalue weighted by atomic mass is 10.1. The van der Waals surface area contributed by atoms with E-state index in [4.69, 9.17) is 37.0 Å². The van der Waals surface area contributed by atoms with Crippen LogP contribution in [0.3, 0.4) is 0 Å². The molecule has 0 aliphatic carbocycles. The summed E-state index contributed by atoms with van der Waals surface area (Å²) in [5.41, 5.74) is 0. The predicted molar refractivity (Wildman–Crippen MR) is 436 cm³/mol. The summed E-state index contributed by atoms with van der Waals surface area (Å²) in [7, 11) is -10.0. The summed E-state index contributed by atoms with van der Waals surface area (Å²) in [4.78, 5) is 73.0. The lowest BCUT2D eigenvalue weighted by Gasteiger charge is -2.21. The minimum Gasteiger partial charge on any atom is -0.462 e. The quantitative estimate of drug-likeness (QED) is 0.0169. The Labute approximate surface area is 641 Å². The summed E-state index contributed by atoms with van der Waals surface area (Å²) in [6.45, 7) is 4.31. The molecule has 0 aromatic carbocycles. The van der Waals surface area contributed by atoms with Crippen LogP contribution < -0.4 is 0 Å². The van der Waals surface area contributed by atoms with Crippen molar-refractivity contribution in [3.05, 3.63) is 182 Å². The number of phosphoric acid groups is 2. The Bertz CT molecular complexity index is 2730. The summed E-state index contributed by atoms with van der Waals surface area (Å²) in [5, 5.41) is 10.6. The first kappa shape index (κ1) is 100. The predicted octanol–water partition coefficient (Wildman–Crippen LogP) is 23.6. The molecule has 0 aliphatic heterocycles. The molecule has 600 valence electrons. The van der Waals surface area contributed by atoms with Gasteiger partial charge in [-0.15, -0.1) is 0 Å². The highest BCUT2D eigenvalue weighted by molar-refractivity contribution is 7.47. The van der Waals surface area contributed by atoms with Gasteiger partial charge >= 0.3 is 39.5 Å². The van der Waals surface area contributed by atoms with Gasteiger partial charge in [0.1, 0.15) is 19.3 Å². The van der Waals surface area contributed by atoms with Crippen molar-refractivity contribution in [3.8, 4) is 0 Å². The molecule has 3 N–H and O–H groups in total. The first-order chi connectivity index (χ1) is 51.7. The number of aliphatic hydroxyl groups excluding tert-OH is 1. The van der Waals surface area contributed by atoms with Crippen LogP contribution in [0.1, 0.15) is 285 Å². The van der Waals surface area contributed by atoms with Crippen LogP contribution in [-0.2, 0) is 65.4 Å². The molecule has 106 heavy (non-hydrogen) atoms. The highest BCUT2D eigenvalue weighted by atomic mass is 31.2. The minimum atomic E-state index is -5.01. The molecule has 0 saturated carbocycles. The van der Waals surface area contributed by atoms with Gasteiger partial charge < -0.3 is 33.8 Å². The molecule has 0 heterocycles. The number of carbonyl (C=O) groups excluding carboxylic acids is 4. The fourth-order valence-electron chi connectivity index (χ4n) is 9.88. The molecule has 0 aromatic heterocycles. The van der Waals surface area contributed by atoms with Gasteiger partial charge in [-0.25, -0.2) is 9.13 Å². The van der Waals surface area contributed by atoms with Gasteiger partial charge in [-0.05, 0) is 161 Å². The molecule has 5 unspecified atom stereocenters. The van der Waals surface area contributed by atoms with E-state index in [1.807, 2.05) is 18.2 Å². The van der Waals surface area contributed by atoms with E-state index >= 15 is 0 Å². The van der Waals surface area contributed by atoms with Crippen molar-refractivity contribution in [1.29, 1.82) is 0 Å². The Kier molecular flexibility index (Phi) is 73.1. The van der Waals surface area contributed by atoms with E-state index < -0.39 is 97.5 Å². The molecule has 0 aliphatic rings. The van der Waals surface area contributed by atoms with Crippen LogP contribution in [0.25, 0.3) is 0 Å². The highest BCUT2D eigenvalue weighted by Crippen LogP contribution is 2.45. The van der Waals surface area contributed by atoms with Gasteiger partial charge in [-0.1, -0.05) is 281 Å². The zero-order valence-electron chi connectivity index (χ0n) is 65.5. The fourth-order valence-corrected chi connectivity index (χ4v) is 11.5. The van der Waals surface area contributed by atoms with Gasteiger partial charge in [0.15, 0.2) is 12.2 Å². The van der Waals surface area contributed by atoms with Crippen LogP contribution in [0.5, 0.6) is 0 Å². The van der Waals surface area contributed by atoms with Gasteiger partial charge in [-0.2, -0.15) is 0 Å². The molecular weight excluding hydrogens is 1380 g/mol. The van der Waals surface area contributed by atoms with E-state index in [1.54, 1.807) is 0 Å². The fraction of sp³-hybridized carbons (Fsp3) is 0.609. The number of unbranched alkanes of at least 4 members (excludes halogenated alkanes) is 17. The molecule has 17 nitrogen and oxygen atoms in total. The Morgan fingerprint density at radius 2 is 0.509 bits per heavy atom. The second-order valence-corrected chi connectivity index (χ2v) is 28.8. The maximum absolute atomic E-state index is 13.1. The summed E-state index contributed by atoms with van der Waals surface area (Å²) >= 11 is 0. The lowest BCUT2D eigenvalue weighted by Crippen LogP contribution is -2.30. The van der Waals surface area contributed by atoms with Gasteiger partial charge in [0, 0.05) is 25.7 Å². The standard InChI is InChI=1S/C87H140O17P2/c1-5-9-13-17-21-25-29-33-36-38-40-42-45-48-51-55-59-63-67-71-84(89)97-77-82(103-86(91)73-69-65-61-57-53-47-32-28-24-20-16-12-8-4)79-101-105(93,94)99-75-81(88)76-100-106(95,96)102-80-83(104-87(92)74-70-66-62-58-54-50-44-35-31-27-23-19-15-11-7-3)78-98-85(90)72-68-64-60-56-52-49-46-43-41-39-37-34-30-26-22-18-14-10-6-2/h9-11,13-16,20-23,25-28,32-37,40-44,48,51,59,63,81-83,88H,5-8,12,17-19,24,29-31,38-39,45-47,49-50,52-58,60-62,64-80H2,1-4H3,(H,93,94)(H,95,96)/b13-9-,14-10-,15-11-,20-16-,25-21-,26-22-,27-23-,32-28-,36-33-,37-34-,42-40-,43-41-,44-35-,51-48-,63-59-. The maximum Gasteiger partial charge on any atom is 0.472 e. The van der Waals surface area contributed by atoms with Gasteiger partial charge in [0.05, 0.1) is 26.4 Å². The molecule has 0 bridgehead atoms. The Morgan fingerprint density at radius 3 is 0.811 bits per heavy atom. The third-order valence-electron chi connectivity index (χ3n) is 15.8. The number of hydrogen-bond donors (Lipinski definition) is 3. The summed E-state index contributed by atoms with van der Waals surface area (Å²) in [6, 6.07) is 0.